The Morgan fingerprint density at radius 1 is 1.15 bits per heavy atom. The van der Waals surface area contributed by atoms with Crippen LogP contribution in [0.2, 0.25) is 0 Å². The van der Waals surface area contributed by atoms with Crippen LogP contribution < -0.4 is 15.4 Å². The number of ether oxygens (including phenoxy) is 2. The summed E-state index contributed by atoms with van der Waals surface area (Å²) in [5.74, 6) is 0.995. The maximum Gasteiger partial charge on any atom is 0.414 e. The summed E-state index contributed by atoms with van der Waals surface area (Å²) in [5, 5.41) is 20.0. The van der Waals surface area contributed by atoms with E-state index in [1.807, 2.05) is 10.9 Å². The van der Waals surface area contributed by atoms with Gasteiger partial charge in [-0.1, -0.05) is 19.4 Å². The summed E-state index contributed by atoms with van der Waals surface area (Å²) in [6.45, 7) is 6.65. The number of nitrogens with zero attached hydrogens (tertiary/aromatic N) is 6. The van der Waals surface area contributed by atoms with Gasteiger partial charge in [0, 0.05) is 56.8 Å². The molecule has 5 rings (SSSR count). The highest BCUT2D eigenvalue weighted by atomic mass is 16.6. The first-order valence-corrected chi connectivity index (χ1v) is 14.8. The Labute approximate surface area is 240 Å². The first kappa shape index (κ1) is 29.2. The van der Waals surface area contributed by atoms with Crippen LogP contribution in [0.15, 0.2) is 24.5 Å². The lowest BCUT2D eigenvalue weighted by atomic mass is 9.91. The molecule has 2 aliphatic rings. The lowest BCUT2D eigenvalue weighted by Crippen LogP contribution is -2.43. The molecule has 0 radical (unpaired) electrons. The second kappa shape index (κ2) is 14.0. The number of rotatable bonds is 11. The number of nitrogens with one attached hydrogen (secondary N) is 2. The molecule has 0 spiro atoms. The lowest BCUT2D eigenvalue weighted by molar-refractivity contribution is 0.0250. The minimum Gasteiger partial charge on any atom is -0.396 e. The van der Waals surface area contributed by atoms with Crippen LogP contribution in [0.4, 0.5) is 10.6 Å². The van der Waals surface area contributed by atoms with E-state index in [2.05, 4.69) is 49.7 Å². The van der Waals surface area contributed by atoms with Gasteiger partial charge in [-0.25, -0.2) is 4.79 Å². The molecule has 2 aliphatic heterocycles. The van der Waals surface area contributed by atoms with Gasteiger partial charge >= 0.3 is 12.1 Å². The molecule has 0 unspecified atom stereocenters. The number of fused-ring (bicyclic) bond motifs is 1. The van der Waals surface area contributed by atoms with Gasteiger partial charge in [-0.05, 0) is 63.2 Å². The molecule has 41 heavy (non-hydrogen) atoms. The van der Waals surface area contributed by atoms with Crippen molar-refractivity contribution in [3.63, 3.8) is 0 Å². The fourth-order valence-electron chi connectivity index (χ4n) is 5.92. The first-order valence-electron chi connectivity index (χ1n) is 14.8. The SMILES string of the molecule is CCC[C@@H](CCO)Nc1nc(OC(=O)NC)nc2cnn(Cc3ccc(C4CCN(C5CCOCC5)CC4)nc3)c12. The number of hydrogen-bond donors (Lipinski definition) is 3. The van der Waals surface area contributed by atoms with Gasteiger partial charge in [0.25, 0.3) is 0 Å². The van der Waals surface area contributed by atoms with Crippen molar-refractivity contribution >= 4 is 22.9 Å². The number of aliphatic hydroxyl groups is 1. The maximum absolute atomic E-state index is 11.8. The summed E-state index contributed by atoms with van der Waals surface area (Å²) >= 11 is 0. The quantitative estimate of drug-likeness (QED) is 0.317. The number of hydrogen-bond acceptors (Lipinski definition) is 10. The number of anilines is 1. The van der Waals surface area contributed by atoms with E-state index >= 15 is 0 Å². The summed E-state index contributed by atoms with van der Waals surface area (Å²) in [4.78, 5) is 28.2. The minimum absolute atomic E-state index is 0.00174. The molecular weight excluding hydrogens is 524 g/mol. The molecule has 0 bridgehead atoms. The normalized spacial score (nSPS) is 17.9. The molecule has 2 fully saturated rings. The number of amides is 1. The molecule has 1 atom stereocenters. The van der Waals surface area contributed by atoms with Gasteiger partial charge in [0.1, 0.15) is 11.0 Å². The van der Waals surface area contributed by atoms with E-state index in [4.69, 9.17) is 14.5 Å². The summed E-state index contributed by atoms with van der Waals surface area (Å²) in [6, 6.07) is 4.88. The third kappa shape index (κ3) is 7.30. The van der Waals surface area contributed by atoms with Crippen molar-refractivity contribution < 1.29 is 19.4 Å². The number of aliphatic hydroxyl groups excluding tert-OH is 1. The minimum atomic E-state index is -0.649. The average molecular weight is 567 g/mol. The first-order chi connectivity index (χ1) is 20.1. The van der Waals surface area contributed by atoms with Gasteiger partial charge in [0.15, 0.2) is 5.82 Å². The molecule has 12 nitrogen and oxygen atoms in total. The number of pyridine rings is 1. The van der Waals surface area contributed by atoms with Crippen LogP contribution in [0.1, 0.15) is 69.0 Å². The number of carbonyl (C=O) groups excluding carboxylic acids is 1. The highest BCUT2D eigenvalue weighted by Crippen LogP contribution is 2.30. The number of aromatic nitrogens is 5. The van der Waals surface area contributed by atoms with Crippen LogP contribution in [0, 0.1) is 0 Å². The zero-order chi connectivity index (χ0) is 28.6. The van der Waals surface area contributed by atoms with E-state index in [-0.39, 0.29) is 18.7 Å². The second-order valence-electron chi connectivity index (χ2n) is 10.9. The van der Waals surface area contributed by atoms with Gasteiger partial charge in [0.05, 0.1) is 12.7 Å². The summed E-state index contributed by atoms with van der Waals surface area (Å²) in [7, 11) is 1.48. The molecule has 1 amide bonds. The maximum atomic E-state index is 11.8. The van der Waals surface area contributed by atoms with E-state index in [0.29, 0.717) is 41.8 Å². The predicted octanol–water partition coefficient (Wildman–Crippen LogP) is 3.31. The van der Waals surface area contributed by atoms with Gasteiger partial charge in [-0.3, -0.25) is 9.67 Å². The molecule has 3 N–H and O–H groups in total. The standard InChI is InChI=1S/C29H42N8O4/c1-3-4-22(9-14-38)33-27-26-25(34-28(35-27)41-29(39)30-2)18-32-37(26)19-20-5-6-24(31-17-20)21-7-12-36(13-8-21)23-10-15-40-16-11-23/h5-6,17-18,21-23,38H,3-4,7-16,19H2,1-2H3,(H,30,39)(H,33,34,35)/t22-/m0/s1. The van der Waals surface area contributed by atoms with Crippen molar-refractivity contribution in [3.8, 4) is 6.01 Å². The molecule has 0 aromatic carbocycles. The lowest BCUT2D eigenvalue weighted by Gasteiger charge is -2.39. The second-order valence-corrected chi connectivity index (χ2v) is 10.9. The highest BCUT2D eigenvalue weighted by molar-refractivity contribution is 5.86. The van der Waals surface area contributed by atoms with Gasteiger partial charge in [0.2, 0.25) is 0 Å². The zero-order valence-electron chi connectivity index (χ0n) is 24.1. The van der Waals surface area contributed by atoms with Crippen LogP contribution >= 0.6 is 0 Å². The van der Waals surface area contributed by atoms with E-state index < -0.39 is 6.09 Å². The molecule has 0 saturated carbocycles. The van der Waals surface area contributed by atoms with E-state index in [0.717, 1.165) is 76.1 Å². The van der Waals surface area contributed by atoms with Crippen molar-refractivity contribution in [2.75, 3.05) is 45.3 Å². The Bertz CT molecular complexity index is 1260. The van der Waals surface area contributed by atoms with Crippen molar-refractivity contribution in [3.05, 3.63) is 35.8 Å². The summed E-state index contributed by atoms with van der Waals surface area (Å²) < 4.78 is 12.6. The zero-order valence-corrected chi connectivity index (χ0v) is 24.1. The van der Waals surface area contributed by atoms with Crippen LogP contribution in [-0.4, -0.2) is 92.9 Å². The van der Waals surface area contributed by atoms with E-state index in [9.17, 15) is 9.90 Å². The van der Waals surface area contributed by atoms with Crippen LogP contribution in [0.5, 0.6) is 6.01 Å². The molecule has 12 heteroatoms. The topological polar surface area (TPSA) is 140 Å². The monoisotopic (exact) mass is 566 g/mol. The van der Waals surface area contributed by atoms with Crippen LogP contribution in [-0.2, 0) is 11.3 Å². The fourth-order valence-corrected chi connectivity index (χ4v) is 5.92. The summed E-state index contributed by atoms with van der Waals surface area (Å²) in [5.41, 5.74) is 3.44. The van der Waals surface area contributed by atoms with Gasteiger partial charge < -0.3 is 30.1 Å². The Balaban J connectivity index is 1.31. The Hall–Kier alpha value is -3.35. The van der Waals surface area contributed by atoms with E-state index in [1.54, 1.807) is 6.20 Å². The van der Waals surface area contributed by atoms with Crippen molar-refractivity contribution in [2.45, 2.75) is 76.4 Å². The third-order valence-corrected chi connectivity index (χ3v) is 8.15. The largest absolute Gasteiger partial charge is 0.414 e. The molecule has 5 heterocycles. The molecule has 222 valence electrons. The predicted molar refractivity (Wildman–Crippen MR) is 155 cm³/mol. The third-order valence-electron chi connectivity index (χ3n) is 8.15. The van der Waals surface area contributed by atoms with Gasteiger partial charge in [-0.15, -0.1) is 0 Å². The molecule has 3 aromatic heterocycles. The number of likely N-dealkylation sites (tertiary alicyclic amines) is 1. The summed E-state index contributed by atoms with van der Waals surface area (Å²) in [6.07, 6.45) is 9.85. The Morgan fingerprint density at radius 2 is 1.95 bits per heavy atom. The smallest absolute Gasteiger partial charge is 0.396 e. The number of carbonyl (C=O) groups is 1. The fraction of sp³-hybridized carbons (Fsp3) is 0.621. The van der Waals surface area contributed by atoms with Crippen molar-refractivity contribution in [2.24, 2.45) is 0 Å². The van der Waals surface area contributed by atoms with Crippen LogP contribution in [0.3, 0.4) is 0 Å². The molecule has 2 saturated heterocycles. The molecular formula is C29H42N8O4. The van der Waals surface area contributed by atoms with Gasteiger partial charge in [-0.2, -0.15) is 15.1 Å². The molecule has 0 aliphatic carbocycles. The van der Waals surface area contributed by atoms with Crippen LogP contribution in [0.25, 0.3) is 11.0 Å². The average Bonchev–Trinajstić information content (AvgIpc) is 3.41. The molecule has 3 aromatic rings. The Morgan fingerprint density at radius 3 is 2.63 bits per heavy atom. The van der Waals surface area contributed by atoms with E-state index in [1.165, 1.54) is 7.05 Å². The number of piperidine rings is 1. The van der Waals surface area contributed by atoms with Crippen molar-refractivity contribution in [1.82, 2.24) is 34.9 Å². The van der Waals surface area contributed by atoms with Crippen molar-refractivity contribution in [1.29, 1.82) is 0 Å². The Kier molecular flexibility index (Phi) is 9.97. The highest BCUT2D eigenvalue weighted by Gasteiger charge is 2.27.